The van der Waals surface area contributed by atoms with Crippen LogP contribution >= 0.6 is 15.9 Å². The van der Waals surface area contributed by atoms with E-state index in [1.165, 1.54) is 16.6 Å². The van der Waals surface area contributed by atoms with Crippen LogP contribution in [0.25, 0.3) is 10.9 Å². The maximum absolute atomic E-state index is 4.62. The smallest absolute Gasteiger partial charge is 0.0716 e. The molecule has 0 bridgehead atoms. The summed E-state index contributed by atoms with van der Waals surface area (Å²) in [5.41, 5.74) is 3.54. The topological polar surface area (TPSA) is 12.9 Å². The van der Waals surface area contributed by atoms with Crippen LogP contribution in [-0.2, 0) is 6.42 Å². The molecule has 2 aromatic rings. The number of hydrogen-bond acceptors (Lipinski definition) is 1. The third kappa shape index (κ3) is 1.67. The average molecular weight is 250 g/mol. The number of hydrogen-bond donors (Lipinski definition) is 0. The number of aryl methyl sites for hydroxylation is 2. The zero-order valence-corrected chi connectivity index (χ0v) is 9.93. The molecule has 1 aromatic heterocycles. The van der Waals surface area contributed by atoms with E-state index in [0.29, 0.717) is 0 Å². The molecule has 0 amide bonds. The van der Waals surface area contributed by atoms with Crippen molar-refractivity contribution >= 4 is 26.8 Å². The molecular weight excluding hydrogens is 238 g/mol. The van der Waals surface area contributed by atoms with Gasteiger partial charge >= 0.3 is 0 Å². The Morgan fingerprint density at radius 1 is 1.29 bits per heavy atom. The van der Waals surface area contributed by atoms with Crippen LogP contribution in [0.15, 0.2) is 28.7 Å². The second-order valence-electron chi connectivity index (χ2n) is 3.44. The Bertz CT molecular complexity index is 477. The Morgan fingerprint density at radius 2 is 2.07 bits per heavy atom. The predicted molar refractivity (Wildman–Crippen MR) is 63.6 cm³/mol. The Hall–Kier alpha value is -0.890. The van der Waals surface area contributed by atoms with Crippen molar-refractivity contribution < 1.29 is 0 Å². The first-order valence-electron chi connectivity index (χ1n) is 4.76. The normalized spacial score (nSPS) is 10.8. The van der Waals surface area contributed by atoms with Gasteiger partial charge in [0.1, 0.15) is 0 Å². The molecule has 14 heavy (non-hydrogen) atoms. The van der Waals surface area contributed by atoms with Crippen LogP contribution in [0, 0.1) is 6.92 Å². The molecule has 2 rings (SSSR count). The third-order valence-electron chi connectivity index (χ3n) is 2.41. The van der Waals surface area contributed by atoms with E-state index in [0.717, 1.165) is 16.4 Å². The maximum Gasteiger partial charge on any atom is 0.0716 e. The van der Waals surface area contributed by atoms with Gasteiger partial charge in [0.2, 0.25) is 0 Å². The Balaban J connectivity index is 2.73. The quantitative estimate of drug-likeness (QED) is 0.748. The lowest BCUT2D eigenvalue weighted by Gasteiger charge is -2.05. The molecule has 0 aliphatic carbocycles. The number of nitrogens with zero attached hydrogens (tertiary/aromatic N) is 1. The lowest BCUT2D eigenvalue weighted by Crippen LogP contribution is -1.92. The largest absolute Gasteiger partial charge is 0.253 e. The highest BCUT2D eigenvalue weighted by Gasteiger charge is 2.01. The highest BCUT2D eigenvalue weighted by Crippen LogP contribution is 2.20. The number of aromatic nitrogens is 1. The summed E-state index contributed by atoms with van der Waals surface area (Å²) in [6, 6.07) is 8.41. The second-order valence-corrected chi connectivity index (χ2v) is 4.36. The van der Waals surface area contributed by atoms with Gasteiger partial charge in [0.25, 0.3) is 0 Å². The number of halogens is 1. The Morgan fingerprint density at radius 3 is 2.79 bits per heavy atom. The first kappa shape index (κ1) is 9.66. The summed E-state index contributed by atoms with van der Waals surface area (Å²) >= 11 is 3.46. The van der Waals surface area contributed by atoms with Crippen LogP contribution in [0.1, 0.15) is 18.2 Å². The number of fused-ring (bicyclic) bond motifs is 1. The summed E-state index contributed by atoms with van der Waals surface area (Å²) in [5.74, 6) is 0. The lowest BCUT2D eigenvalue weighted by atomic mass is 10.1. The molecule has 1 heterocycles. The van der Waals surface area contributed by atoms with Gasteiger partial charge in [-0.25, -0.2) is 0 Å². The standard InChI is InChI=1S/C12H12BrN/c1-3-11-8(2)6-9-4-5-10(13)7-12(9)14-11/h4-7H,3H2,1-2H3. The molecule has 0 saturated heterocycles. The highest BCUT2D eigenvalue weighted by molar-refractivity contribution is 9.10. The highest BCUT2D eigenvalue weighted by atomic mass is 79.9. The molecule has 0 atom stereocenters. The van der Waals surface area contributed by atoms with Crippen LogP contribution in [0.3, 0.4) is 0 Å². The molecule has 1 aromatic carbocycles. The molecule has 0 radical (unpaired) electrons. The molecule has 72 valence electrons. The van der Waals surface area contributed by atoms with Crippen molar-refractivity contribution in [3.63, 3.8) is 0 Å². The van der Waals surface area contributed by atoms with E-state index in [4.69, 9.17) is 0 Å². The molecular formula is C12H12BrN. The molecule has 0 saturated carbocycles. The molecule has 0 aliphatic heterocycles. The van der Waals surface area contributed by atoms with Crippen molar-refractivity contribution in [1.82, 2.24) is 4.98 Å². The Labute approximate surface area is 92.3 Å². The van der Waals surface area contributed by atoms with Crippen LogP contribution in [0.4, 0.5) is 0 Å². The monoisotopic (exact) mass is 249 g/mol. The molecule has 2 heteroatoms. The number of benzene rings is 1. The zero-order chi connectivity index (χ0) is 10.1. The lowest BCUT2D eigenvalue weighted by molar-refractivity contribution is 1.03. The summed E-state index contributed by atoms with van der Waals surface area (Å²) < 4.78 is 1.09. The fourth-order valence-electron chi connectivity index (χ4n) is 1.64. The fourth-order valence-corrected chi connectivity index (χ4v) is 1.99. The SMILES string of the molecule is CCc1nc2cc(Br)ccc2cc1C. The van der Waals surface area contributed by atoms with E-state index >= 15 is 0 Å². The summed E-state index contributed by atoms with van der Waals surface area (Å²) in [5, 5.41) is 1.21. The molecule has 0 aliphatic rings. The van der Waals surface area contributed by atoms with E-state index in [9.17, 15) is 0 Å². The van der Waals surface area contributed by atoms with Gasteiger partial charge in [-0.15, -0.1) is 0 Å². The van der Waals surface area contributed by atoms with E-state index in [-0.39, 0.29) is 0 Å². The minimum Gasteiger partial charge on any atom is -0.253 e. The van der Waals surface area contributed by atoms with Crippen molar-refractivity contribution in [2.24, 2.45) is 0 Å². The minimum atomic E-state index is 0.994. The minimum absolute atomic E-state index is 0.994. The van der Waals surface area contributed by atoms with Gasteiger partial charge in [0.05, 0.1) is 5.52 Å². The summed E-state index contributed by atoms with van der Waals surface area (Å²) in [4.78, 5) is 4.62. The van der Waals surface area contributed by atoms with Crippen LogP contribution < -0.4 is 0 Å². The van der Waals surface area contributed by atoms with Crippen molar-refractivity contribution in [2.75, 3.05) is 0 Å². The van der Waals surface area contributed by atoms with E-state index in [2.05, 4.69) is 59.0 Å². The summed E-state index contributed by atoms with van der Waals surface area (Å²) in [7, 11) is 0. The van der Waals surface area contributed by atoms with Crippen LogP contribution in [-0.4, -0.2) is 4.98 Å². The van der Waals surface area contributed by atoms with Gasteiger partial charge in [-0.05, 0) is 37.1 Å². The molecule has 0 spiro atoms. The summed E-state index contributed by atoms with van der Waals surface area (Å²) in [6.07, 6.45) is 0.994. The molecule has 0 N–H and O–H groups in total. The number of pyridine rings is 1. The zero-order valence-electron chi connectivity index (χ0n) is 8.34. The number of rotatable bonds is 1. The van der Waals surface area contributed by atoms with Crippen LogP contribution in [0.5, 0.6) is 0 Å². The predicted octanol–water partition coefficient (Wildman–Crippen LogP) is 3.87. The van der Waals surface area contributed by atoms with Gasteiger partial charge in [-0.1, -0.05) is 28.9 Å². The van der Waals surface area contributed by atoms with Gasteiger partial charge in [0.15, 0.2) is 0 Å². The van der Waals surface area contributed by atoms with E-state index < -0.39 is 0 Å². The maximum atomic E-state index is 4.62. The average Bonchev–Trinajstić information content (AvgIpc) is 2.17. The summed E-state index contributed by atoms with van der Waals surface area (Å²) in [6.45, 7) is 4.26. The molecule has 1 nitrogen and oxygen atoms in total. The van der Waals surface area contributed by atoms with Crippen LogP contribution in [0.2, 0.25) is 0 Å². The van der Waals surface area contributed by atoms with Gasteiger partial charge in [0, 0.05) is 15.6 Å². The van der Waals surface area contributed by atoms with Gasteiger partial charge < -0.3 is 0 Å². The van der Waals surface area contributed by atoms with Crippen molar-refractivity contribution in [1.29, 1.82) is 0 Å². The molecule has 0 unspecified atom stereocenters. The van der Waals surface area contributed by atoms with Crippen molar-refractivity contribution in [3.8, 4) is 0 Å². The van der Waals surface area contributed by atoms with Gasteiger partial charge in [-0.3, -0.25) is 4.98 Å². The second kappa shape index (κ2) is 3.70. The van der Waals surface area contributed by atoms with Crippen molar-refractivity contribution in [2.45, 2.75) is 20.3 Å². The van der Waals surface area contributed by atoms with E-state index in [1.807, 2.05) is 0 Å². The Kier molecular flexibility index (Phi) is 2.55. The molecule has 0 fully saturated rings. The first-order valence-corrected chi connectivity index (χ1v) is 5.56. The third-order valence-corrected chi connectivity index (χ3v) is 2.90. The van der Waals surface area contributed by atoms with E-state index in [1.54, 1.807) is 0 Å². The van der Waals surface area contributed by atoms with Gasteiger partial charge in [-0.2, -0.15) is 0 Å². The fraction of sp³-hybridized carbons (Fsp3) is 0.250. The first-order chi connectivity index (χ1) is 6.70. The van der Waals surface area contributed by atoms with Crippen molar-refractivity contribution in [3.05, 3.63) is 40.0 Å².